The van der Waals surface area contributed by atoms with Gasteiger partial charge in [-0.1, -0.05) is 35.9 Å². The molecule has 0 bridgehead atoms. The van der Waals surface area contributed by atoms with E-state index in [1.807, 2.05) is 23.2 Å². The molecule has 1 aromatic carbocycles. The molecule has 0 amide bonds. The molecule has 2 N–H and O–H groups in total. The Morgan fingerprint density at radius 3 is 2.71 bits per heavy atom. The topological polar surface area (TPSA) is 48.4 Å². The standard InChI is InChI=1S/C10H13N3O/c1-8(9-5-3-2-4-6-9)13-7-10(11)14-12-13/h2-6,8,11-12H,7H2,1H3. The summed E-state index contributed by atoms with van der Waals surface area (Å²) in [6.07, 6.45) is 0. The highest BCUT2D eigenvalue weighted by atomic mass is 16.7. The van der Waals surface area contributed by atoms with Crippen LogP contribution in [0.15, 0.2) is 30.3 Å². The van der Waals surface area contributed by atoms with Crippen molar-refractivity contribution in [2.75, 3.05) is 6.54 Å². The van der Waals surface area contributed by atoms with Gasteiger partial charge < -0.3 is 4.84 Å². The maximum atomic E-state index is 7.31. The Kier molecular flexibility index (Phi) is 2.47. The van der Waals surface area contributed by atoms with Gasteiger partial charge in [0, 0.05) is 0 Å². The van der Waals surface area contributed by atoms with Gasteiger partial charge in [0.15, 0.2) is 0 Å². The molecule has 1 atom stereocenters. The summed E-state index contributed by atoms with van der Waals surface area (Å²) in [5.41, 5.74) is 3.92. The first-order valence-electron chi connectivity index (χ1n) is 4.59. The molecule has 0 radical (unpaired) electrons. The van der Waals surface area contributed by atoms with E-state index in [0.29, 0.717) is 6.54 Å². The van der Waals surface area contributed by atoms with E-state index in [1.165, 1.54) is 5.56 Å². The van der Waals surface area contributed by atoms with Crippen LogP contribution in [0.4, 0.5) is 0 Å². The molecule has 0 aromatic heterocycles. The summed E-state index contributed by atoms with van der Waals surface area (Å²) >= 11 is 0. The average Bonchev–Trinajstić information content (AvgIpc) is 2.65. The molecule has 1 aliphatic heterocycles. The molecule has 4 heteroatoms. The van der Waals surface area contributed by atoms with Crippen LogP contribution in [0.25, 0.3) is 0 Å². The number of hydrogen-bond donors (Lipinski definition) is 2. The van der Waals surface area contributed by atoms with E-state index in [2.05, 4.69) is 24.6 Å². The van der Waals surface area contributed by atoms with Crippen molar-refractivity contribution >= 4 is 5.90 Å². The molecular weight excluding hydrogens is 178 g/mol. The van der Waals surface area contributed by atoms with Gasteiger partial charge in [-0.05, 0) is 12.5 Å². The second-order valence-electron chi connectivity index (χ2n) is 3.33. The number of hydrogen-bond acceptors (Lipinski definition) is 4. The van der Waals surface area contributed by atoms with Crippen molar-refractivity contribution in [1.82, 2.24) is 10.6 Å². The van der Waals surface area contributed by atoms with Crippen molar-refractivity contribution < 1.29 is 4.84 Å². The maximum absolute atomic E-state index is 7.31. The molecule has 14 heavy (non-hydrogen) atoms. The third-order valence-corrected chi connectivity index (χ3v) is 2.35. The van der Waals surface area contributed by atoms with Crippen molar-refractivity contribution in [1.29, 1.82) is 5.41 Å². The van der Waals surface area contributed by atoms with Crippen molar-refractivity contribution in [3.63, 3.8) is 0 Å². The zero-order chi connectivity index (χ0) is 9.97. The fraction of sp³-hybridized carbons (Fsp3) is 0.300. The van der Waals surface area contributed by atoms with Crippen LogP contribution in [0.5, 0.6) is 0 Å². The van der Waals surface area contributed by atoms with Crippen molar-refractivity contribution in [3.8, 4) is 0 Å². The number of rotatable bonds is 2. The summed E-state index contributed by atoms with van der Waals surface area (Å²) in [5, 5.41) is 9.20. The molecule has 2 rings (SSSR count). The van der Waals surface area contributed by atoms with E-state index in [9.17, 15) is 0 Å². The van der Waals surface area contributed by atoms with Gasteiger partial charge in [0.2, 0.25) is 5.90 Å². The van der Waals surface area contributed by atoms with Crippen LogP contribution in [0.3, 0.4) is 0 Å². The minimum Gasteiger partial charge on any atom is -0.377 e. The van der Waals surface area contributed by atoms with Crippen LogP contribution in [-0.4, -0.2) is 17.5 Å². The zero-order valence-electron chi connectivity index (χ0n) is 8.03. The summed E-state index contributed by atoms with van der Waals surface area (Å²) in [4.78, 5) is 4.87. The van der Waals surface area contributed by atoms with Crippen LogP contribution in [-0.2, 0) is 4.84 Å². The minimum atomic E-state index is 0.207. The lowest BCUT2D eigenvalue weighted by molar-refractivity contribution is 0.0270. The smallest absolute Gasteiger partial charge is 0.224 e. The lowest BCUT2D eigenvalue weighted by atomic mass is 10.1. The molecule has 0 aliphatic carbocycles. The van der Waals surface area contributed by atoms with Crippen LogP contribution in [0.1, 0.15) is 18.5 Å². The predicted octanol–water partition coefficient (Wildman–Crippen LogP) is 1.48. The third-order valence-electron chi connectivity index (χ3n) is 2.35. The Labute approximate surface area is 82.9 Å². The molecule has 1 aromatic rings. The Morgan fingerprint density at radius 2 is 2.14 bits per heavy atom. The lowest BCUT2D eigenvalue weighted by Crippen LogP contribution is -2.32. The van der Waals surface area contributed by atoms with Crippen molar-refractivity contribution in [2.24, 2.45) is 0 Å². The highest BCUT2D eigenvalue weighted by Crippen LogP contribution is 2.19. The van der Waals surface area contributed by atoms with E-state index in [4.69, 9.17) is 10.2 Å². The minimum absolute atomic E-state index is 0.207. The van der Waals surface area contributed by atoms with Gasteiger partial charge in [-0.15, -0.1) is 0 Å². The number of nitrogens with one attached hydrogen (secondary N) is 2. The predicted molar refractivity (Wildman–Crippen MR) is 53.5 cm³/mol. The summed E-state index contributed by atoms with van der Waals surface area (Å²) in [7, 11) is 0. The highest BCUT2D eigenvalue weighted by molar-refractivity contribution is 5.75. The van der Waals surface area contributed by atoms with E-state index < -0.39 is 0 Å². The van der Waals surface area contributed by atoms with E-state index in [-0.39, 0.29) is 11.9 Å². The van der Waals surface area contributed by atoms with Gasteiger partial charge in [-0.3, -0.25) is 5.41 Å². The van der Waals surface area contributed by atoms with Crippen molar-refractivity contribution in [2.45, 2.75) is 13.0 Å². The van der Waals surface area contributed by atoms with E-state index in [1.54, 1.807) is 0 Å². The zero-order valence-corrected chi connectivity index (χ0v) is 8.03. The number of hydrazine groups is 1. The van der Waals surface area contributed by atoms with Crippen LogP contribution in [0, 0.1) is 5.41 Å². The molecule has 0 saturated carbocycles. The van der Waals surface area contributed by atoms with Gasteiger partial charge in [0.05, 0.1) is 12.6 Å². The first kappa shape index (κ1) is 9.18. The Bertz CT molecular complexity index is 325. The fourth-order valence-electron chi connectivity index (χ4n) is 1.46. The molecule has 1 saturated heterocycles. The maximum Gasteiger partial charge on any atom is 0.224 e. The normalized spacial score (nSPS) is 19.4. The molecule has 1 aliphatic rings. The van der Waals surface area contributed by atoms with Gasteiger partial charge in [-0.25, -0.2) is 0 Å². The number of nitrogens with zero attached hydrogens (tertiary/aromatic N) is 1. The van der Waals surface area contributed by atoms with Gasteiger partial charge in [0.25, 0.3) is 0 Å². The number of benzene rings is 1. The molecule has 1 heterocycles. The van der Waals surface area contributed by atoms with Crippen molar-refractivity contribution in [3.05, 3.63) is 35.9 Å². The Morgan fingerprint density at radius 1 is 1.43 bits per heavy atom. The molecule has 1 unspecified atom stereocenters. The summed E-state index contributed by atoms with van der Waals surface area (Å²) in [5.74, 6) is 0.257. The first-order valence-corrected chi connectivity index (χ1v) is 4.59. The Balaban J connectivity index is 2.09. The molecular formula is C10H13N3O. The third kappa shape index (κ3) is 1.76. The molecule has 74 valence electrons. The molecule has 1 fully saturated rings. The Hall–Kier alpha value is -1.39. The quantitative estimate of drug-likeness (QED) is 0.744. The van der Waals surface area contributed by atoms with E-state index >= 15 is 0 Å². The first-order chi connectivity index (χ1) is 6.77. The SMILES string of the molecule is CC(c1ccccc1)N1CC(=N)ON1. The van der Waals surface area contributed by atoms with Crippen LogP contribution >= 0.6 is 0 Å². The summed E-state index contributed by atoms with van der Waals surface area (Å²) < 4.78 is 0. The highest BCUT2D eigenvalue weighted by Gasteiger charge is 2.23. The van der Waals surface area contributed by atoms with Gasteiger partial charge in [-0.2, -0.15) is 5.01 Å². The van der Waals surface area contributed by atoms with Crippen LogP contribution in [0.2, 0.25) is 0 Å². The second-order valence-corrected chi connectivity index (χ2v) is 3.33. The molecule has 4 nitrogen and oxygen atoms in total. The summed E-state index contributed by atoms with van der Waals surface area (Å²) in [6, 6.07) is 10.3. The average molecular weight is 191 g/mol. The summed E-state index contributed by atoms with van der Waals surface area (Å²) in [6.45, 7) is 2.58. The van der Waals surface area contributed by atoms with E-state index in [0.717, 1.165) is 0 Å². The monoisotopic (exact) mass is 191 g/mol. The largest absolute Gasteiger partial charge is 0.377 e. The van der Waals surface area contributed by atoms with Crippen LogP contribution < -0.4 is 5.59 Å². The van der Waals surface area contributed by atoms with Gasteiger partial charge in [0.1, 0.15) is 0 Å². The lowest BCUT2D eigenvalue weighted by Gasteiger charge is -2.20. The second kappa shape index (κ2) is 3.77. The van der Waals surface area contributed by atoms with Gasteiger partial charge >= 0.3 is 0 Å². The fourth-order valence-corrected chi connectivity index (χ4v) is 1.46. The molecule has 0 spiro atoms.